The monoisotopic (exact) mass is 438 g/mol. The number of rotatable bonds is 4. The van der Waals surface area contributed by atoms with Crippen molar-refractivity contribution in [1.29, 1.82) is 0 Å². The van der Waals surface area contributed by atoms with E-state index in [-0.39, 0.29) is 41.5 Å². The van der Waals surface area contributed by atoms with E-state index in [1.807, 2.05) is 38.1 Å². The van der Waals surface area contributed by atoms with Gasteiger partial charge in [-0.1, -0.05) is 62.6 Å². The second-order valence-electron chi connectivity index (χ2n) is 9.53. The molecule has 0 saturated heterocycles. The molecule has 2 fully saturated rings. The maximum atomic E-state index is 13.6. The van der Waals surface area contributed by atoms with Crippen molar-refractivity contribution in [1.82, 2.24) is 0 Å². The number of Topliss-reactive ketones (excluding diaryl/α,β-unsaturated/α-hetero) is 1. The van der Waals surface area contributed by atoms with Crippen molar-refractivity contribution in [2.45, 2.75) is 65.4 Å². The minimum atomic E-state index is -0.371. The molecule has 31 heavy (non-hydrogen) atoms. The largest absolute Gasteiger partial charge is 0.461 e. The van der Waals surface area contributed by atoms with Crippen LogP contribution in [-0.4, -0.2) is 17.9 Å². The number of halogens is 1. The number of fused-ring (bicyclic) bond motifs is 1. The van der Waals surface area contributed by atoms with E-state index in [1.165, 1.54) is 0 Å². The number of hydrogen-bond donors (Lipinski definition) is 0. The van der Waals surface area contributed by atoms with Gasteiger partial charge >= 0.3 is 5.97 Å². The highest BCUT2D eigenvalue weighted by Crippen LogP contribution is 2.50. The van der Waals surface area contributed by atoms with Gasteiger partial charge in [0.2, 0.25) is 0 Å². The summed E-state index contributed by atoms with van der Waals surface area (Å²) in [6.07, 6.45) is 3.69. The zero-order valence-electron chi connectivity index (χ0n) is 18.8. The van der Waals surface area contributed by atoms with E-state index in [0.717, 1.165) is 53.5 Å². The Hall–Kier alpha value is -2.13. The molecule has 3 nitrogen and oxygen atoms in total. The number of ketones is 1. The van der Waals surface area contributed by atoms with Gasteiger partial charge in [-0.15, -0.1) is 0 Å². The lowest BCUT2D eigenvalue weighted by Gasteiger charge is -2.30. The van der Waals surface area contributed by atoms with Crippen LogP contribution in [0.5, 0.6) is 0 Å². The molecule has 2 aliphatic carbocycles. The first-order valence-electron chi connectivity index (χ1n) is 11.4. The summed E-state index contributed by atoms with van der Waals surface area (Å²) in [5, 5.41) is 0.701. The standard InChI is InChI=1S/C27H31ClO3/c1-15(2)27(30)31-26-22-11-6-5-10-21(22)25(29)24(26)23-16(3)12-19(13-17(23)4)18-8-7-9-20(28)14-18/h7-9,12-15,21-22,24,26H,5-6,10-11H2,1-4H3. The summed E-state index contributed by atoms with van der Waals surface area (Å²) in [5.41, 5.74) is 5.31. The minimum absolute atomic E-state index is 0.00937. The third kappa shape index (κ3) is 4.17. The summed E-state index contributed by atoms with van der Waals surface area (Å²) < 4.78 is 6.04. The van der Waals surface area contributed by atoms with Crippen LogP contribution in [0, 0.1) is 31.6 Å². The Kier molecular flexibility index (Phi) is 6.25. The van der Waals surface area contributed by atoms with Crippen molar-refractivity contribution in [3.63, 3.8) is 0 Å². The first-order valence-corrected chi connectivity index (χ1v) is 11.8. The molecule has 4 rings (SSSR count). The Bertz CT molecular complexity index is 986. The number of carbonyl (C=O) groups excluding carboxylic acids is 2. The molecule has 2 aromatic carbocycles. The van der Waals surface area contributed by atoms with E-state index < -0.39 is 0 Å². The van der Waals surface area contributed by atoms with Crippen LogP contribution in [0.25, 0.3) is 11.1 Å². The lowest BCUT2D eigenvalue weighted by Crippen LogP contribution is -2.32. The molecule has 0 heterocycles. The van der Waals surface area contributed by atoms with Crippen LogP contribution in [0.2, 0.25) is 5.02 Å². The quantitative estimate of drug-likeness (QED) is 0.501. The summed E-state index contributed by atoms with van der Waals surface area (Å²) in [4.78, 5) is 26.1. The van der Waals surface area contributed by atoms with Crippen molar-refractivity contribution in [2.24, 2.45) is 17.8 Å². The highest BCUT2D eigenvalue weighted by Gasteiger charge is 2.53. The number of carbonyl (C=O) groups is 2. The van der Waals surface area contributed by atoms with Crippen molar-refractivity contribution >= 4 is 23.4 Å². The van der Waals surface area contributed by atoms with Gasteiger partial charge in [-0.3, -0.25) is 9.59 Å². The van der Waals surface area contributed by atoms with Crippen molar-refractivity contribution in [2.75, 3.05) is 0 Å². The fourth-order valence-electron chi connectivity index (χ4n) is 5.58. The molecule has 0 amide bonds. The molecule has 2 aromatic rings. The number of esters is 1. The molecule has 4 heteroatoms. The van der Waals surface area contributed by atoms with Crippen LogP contribution < -0.4 is 0 Å². The Morgan fingerprint density at radius 3 is 2.35 bits per heavy atom. The molecule has 0 aliphatic heterocycles. The summed E-state index contributed by atoms with van der Waals surface area (Å²) in [6.45, 7) is 7.82. The molecule has 4 unspecified atom stereocenters. The topological polar surface area (TPSA) is 43.4 Å². The first-order chi connectivity index (χ1) is 14.8. The van der Waals surface area contributed by atoms with Crippen LogP contribution in [-0.2, 0) is 14.3 Å². The molecular weight excluding hydrogens is 408 g/mol. The summed E-state index contributed by atoms with van der Waals surface area (Å²) in [7, 11) is 0. The maximum absolute atomic E-state index is 13.6. The Balaban J connectivity index is 1.76. The van der Waals surface area contributed by atoms with Gasteiger partial charge in [-0.05, 0) is 66.6 Å². The van der Waals surface area contributed by atoms with Gasteiger partial charge < -0.3 is 4.74 Å². The van der Waals surface area contributed by atoms with Gasteiger partial charge in [0.05, 0.1) is 11.8 Å². The van der Waals surface area contributed by atoms with Crippen LogP contribution in [0.15, 0.2) is 36.4 Å². The Labute approximate surface area is 190 Å². The smallest absolute Gasteiger partial charge is 0.308 e. The summed E-state index contributed by atoms with van der Waals surface area (Å²) >= 11 is 6.20. The van der Waals surface area contributed by atoms with Crippen molar-refractivity contribution in [3.05, 3.63) is 58.1 Å². The van der Waals surface area contributed by atoms with E-state index in [1.54, 1.807) is 0 Å². The summed E-state index contributed by atoms with van der Waals surface area (Å²) in [6, 6.07) is 12.1. The average Bonchev–Trinajstić information content (AvgIpc) is 2.99. The van der Waals surface area contributed by atoms with Gasteiger partial charge in [-0.2, -0.15) is 0 Å². The predicted molar refractivity (Wildman–Crippen MR) is 124 cm³/mol. The third-order valence-electron chi connectivity index (χ3n) is 7.03. The normalized spacial score (nSPS) is 25.5. The molecule has 4 atom stereocenters. The zero-order valence-corrected chi connectivity index (χ0v) is 19.5. The van der Waals surface area contributed by atoms with Gasteiger partial charge in [0.1, 0.15) is 11.9 Å². The lowest BCUT2D eigenvalue weighted by molar-refractivity contribution is -0.156. The van der Waals surface area contributed by atoms with Gasteiger partial charge in [-0.25, -0.2) is 0 Å². The first kappa shape index (κ1) is 22.1. The highest BCUT2D eigenvalue weighted by molar-refractivity contribution is 6.30. The number of ether oxygens (including phenoxy) is 1. The minimum Gasteiger partial charge on any atom is -0.461 e. The molecule has 0 radical (unpaired) electrons. The third-order valence-corrected chi connectivity index (χ3v) is 7.26. The highest BCUT2D eigenvalue weighted by atomic mass is 35.5. The van der Waals surface area contributed by atoms with Gasteiger partial charge in [0, 0.05) is 16.9 Å². The van der Waals surface area contributed by atoms with Gasteiger partial charge in [0.25, 0.3) is 0 Å². The molecule has 2 aliphatic rings. The van der Waals surface area contributed by atoms with Crippen LogP contribution in [0.3, 0.4) is 0 Å². The fraction of sp³-hybridized carbons (Fsp3) is 0.481. The van der Waals surface area contributed by atoms with Crippen LogP contribution >= 0.6 is 11.6 Å². The summed E-state index contributed by atoms with van der Waals surface area (Å²) in [5.74, 6) is -0.377. The van der Waals surface area contributed by atoms with E-state index >= 15 is 0 Å². The van der Waals surface area contributed by atoms with Crippen molar-refractivity contribution in [3.8, 4) is 11.1 Å². The SMILES string of the molecule is Cc1cc(-c2cccc(Cl)c2)cc(C)c1C1C(=O)C2CCCCC2C1OC(=O)C(C)C. The number of hydrogen-bond acceptors (Lipinski definition) is 3. The maximum Gasteiger partial charge on any atom is 0.308 e. The van der Waals surface area contributed by atoms with E-state index in [0.29, 0.717) is 5.02 Å². The lowest BCUT2D eigenvalue weighted by atomic mass is 9.80. The zero-order chi connectivity index (χ0) is 22.3. The molecule has 0 bridgehead atoms. The molecular formula is C27H31ClO3. The van der Waals surface area contributed by atoms with E-state index in [4.69, 9.17) is 16.3 Å². The second-order valence-corrected chi connectivity index (χ2v) is 9.96. The van der Waals surface area contributed by atoms with E-state index in [9.17, 15) is 9.59 Å². The Morgan fingerprint density at radius 1 is 1.03 bits per heavy atom. The fourth-order valence-corrected chi connectivity index (χ4v) is 5.77. The molecule has 0 spiro atoms. The van der Waals surface area contributed by atoms with Crippen LogP contribution in [0.1, 0.15) is 62.1 Å². The number of aryl methyl sites for hydroxylation is 2. The second kappa shape index (κ2) is 8.78. The van der Waals surface area contributed by atoms with E-state index in [2.05, 4.69) is 26.0 Å². The van der Waals surface area contributed by atoms with Crippen molar-refractivity contribution < 1.29 is 14.3 Å². The molecule has 0 aromatic heterocycles. The molecule has 164 valence electrons. The Morgan fingerprint density at radius 2 is 1.71 bits per heavy atom. The number of benzene rings is 2. The van der Waals surface area contributed by atoms with Crippen LogP contribution in [0.4, 0.5) is 0 Å². The molecule has 2 saturated carbocycles. The molecule has 0 N–H and O–H groups in total. The van der Waals surface area contributed by atoms with Gasteiger partial charge in [0.15, 0.2) is 0 Å². The predicted octanol–water partition coefficient (Wildman–Crippen LogP) is 6.66. The average molecular weight is 439 g/mol.